The minimum Gasteiger partial charge on any atom is -0.444 e. The molecule has 2 atom stereocenters. The number of alkyl carbamates (subject to hydrolysis) is 1. The summed E-state index contributed by atoms with van der Waals surface area (Å²) < 4.78 is 5.35. The van der Waals surface area contributed by atoms with Crippen LogP contribution in [0.2, 0.25) is 0 Å². The van der Waals surface area contributed by atoms with Crippen LogP contribution in [0.4, 0.5) is 4.79 Å². The summed E-state index contributed by atoms with van der Waals surface area (Å²) in [5.41, 5.74) is -0.526. The van der Waals surface area contributed by atoms with E-state index in [1.807, 2.05) is 20.8 Å². The SMILES string of the molecule is CC(C)(C)OC(=O)NC1CCCCC1CSCCC(=O)ON1C(=O)CCC1=O. The number of nitrogens with one attached hydrogen (secondary N) is 1. The topological polar surface area (TPSA) is 102 Å². The molecule has 9 heteroatoms. The summed E-state index contributed by atoms with van der Waals surface area (Å²) >= 11 is 1.61. The third-order valence-electron chi connectivity index (χ3n) is 4.59. The van der Waals surface area contributed by atoms with Crippen molar-refractivity contribution in [3.8, 4) is 0 Å². The van der Waals surface area contributed by atoms with Crippen molar-refractivity contribution < 1.29 is 28.8 Å². The second-order valence-corrected chi connectivity index (χ2v) is 9.32. The lowest BCUT2D eigenvalue weighted by atomic mass is 9.86. The summed E-state index contributed by atoms with van der Waals surface area (Å²) in [6, 6.07) is 0.0721. The number of hydrogen-bond acceptors (Lipinski definition) is 7. The Kier molecular flexibility index (Phi) is 8.15. The van der Waals surface area contributed by atoms with Crippen LogP contribution in [0, 0.1) is 5.92 Å². The number of hydroxylamine groups is 2. The highest BCUT2D eigenvalue weighted by molar-refractivity contribution is 7.99. The maximum absolute atomic E-state index is 12.0. The Morgan fingerprint density at radius 3 is 2.43 bits per heavy atom. The molecule has 2 unspecified atom stereocenters. The molecule has 0 aromatic carbocycles. The normalized spacial score (nSPS) is 22.9. The Bertz CT molecular complexity index is 588. The zero-order chi connectivity index (χ0) is 20.7. The molecule has 1 saturated heterocycles. The van der Waals surface area contributed by atoms with Crippen molar-refractivity contribution >= 4 is 35.6 Å². The van der Waals surface area contributed by atoms with E-state index in [0.717, 1.165) is 31.4 Å². The number of ether oxygens (including phenoxy) is 1. The number of nitrogens with zero attached hydrogens (tertiary/aromatic N) is 1. The van der Waals surface area contributed by atoms with E-state index in [9.17, 15) is 19.2 Å². The summed E-state index contributed by atoms with van der Waals surface area (Å²) in [7, 11) is 0. The van der Waals surface area contributed by atoms with Gasteiger partial charge in [0.15, 0.2) is 0 Å². The van der Waals surface area contributed by atoms with Gasteiger partial charge in [-0.05, 0) is 45.3 Å². The van der Waals surface area contributed by atoms with Crippen LogP contribution >= 0.6 is 11.8 Å². The number of imide groups is 1. The summed E-state index contributed by atoms with van der Waals surface area (Å²) in [4.78, 5) is 51.6. The second-order valence-electron chi connectivity index (χ2n) is 8.17. The highest BCUT2D eigenvalue weighted by Crippen LogP contribution is 2.28. The number of amides is 3. The molecule has 2 rings (SSSR count). The lowest BCUT2D eigenvalue weighted by molar-refractivity contribution is -0.197. The van der Waals surface area contributed by atoms with Gasteiger partial charge in [-0.3, -0.25) is 9.59 Å². The van der Waals surface area contributed by atoms with Crippen LogP contribution in [0.5, 0.6) is 0 Å². The van der Waals surface area contributed by atoms with E-state index in [-0.39, 0.29) is 25.3 Å². The van der Waals surface area contributed by atoms with E-state index >= 15 is 0 Å². The molecule has 1 heterocycles. The molecule has 0 bridgehead atoms. The molecule has 28 heavy (non-hydrogen) atoms. The lowest BCUT2D eigenvalue weighted by Crippen LogP contribution is -2.45. The predicted octanol–water partition coefficient (Wildman–Crippen LogP) is 2.80. The van der Waals surface area contributed by atoms with Crippen molar-refractivity contribution in [2.24, 2.45) is 5.92 Å². The third-order valence-corrected chi connectivity index (χ3v) is 5.75. The van der Waals surface area contributed by atoms with Crippen molar-refractivity contribution in [1.82, 2.24) is 10.4 Å². The molecule has 1 aliphatic carbocycles. The maximum atomic E-state index is 12.0. The molecule has 0 aromatic heterocycles. The smallest absolute Gasteiger partial charge is 0.407 e. The maximum Gasteiger partial charge on any atom is 0.407 e. The van der Waals surface area contributed by atoms with Crippen molar-refractivity contribution in [3.63, 3.8) is 0 Å². The molecule has 2 aliphatic rings. The fraction of sp³-hybridized carbons (Fsp3) is 0.789. The van der Waals surface area contributed by atoms with Crippen molar-refractivity contribution in [1.29, 1.82) is 0 Å². The molecule has 1 aliphatic heterocycles. The van der Waals surface area contributed by atoms with Gasteiger partial charge in [-0.1, -0.05) is 12.8 Å². The van der Waals surface area contributed by atoms with Crippen LogP contribution in [0.15, 0.2) is 0 Å². The van der Waals surface area contributed by atoms with Crippen molar-refractivity contribution in [2.45, 2.75) is 77.4 Å². The Morgan fingerprint density at radius 2 is 1.79 bits per heavy atom. The van der Waals surface area contributed by atoms with Gasteiger partial charge in [0.1, 0.15) is 5.60 Å². The van der Waals surface area contributed by atoms with Crippen molar-refractivity contribution in [2.75, 3.05) is 11.5 Å². The Labute approximate surface area is 170 Å². The Hall–Kier alpha value is -1.77. The first-order valence-electron chi connectivity index (χ1n) is 9.79. The van der Waals surface area contributed by atoms with Gasteiger partial charge in [0.25, 0.3) is 11.8 Å². The van der Waals surface area contributed by atoms with Gasteiger partial charge < -0.3 is 14.9 Å². The van der Waals surface area contributed by atoms with Crippen LogP contribution in [0.1, 0.15) is 65.7 Å². The van der Waals surface area contributed by atoms with Gasteiger partial charge in [0.2, 0.25) is 0 Å². The van der Waals surface area contributed by atoms with Crippen molar-refractivity contribution in [3.05, 3.63) is 0 Å². The molecule has 158 valence electrons. The van der Waals surface area contributed by atoms with Gasteiger partial charge in [0.05, 0.1) is 6.42 Å². The molecule has 2 fully saturated rings. The Balaban J connectivity index is 1.69. The highest BCUT2D eigenvalue weighted by atomic mass is 32.2. The molecule has 0 radical (unpaired) electrons. The summed E-state index contributed by atoms with van der Waals surface area (Å²) in [6.07, 6.45) is 4.06. The number of thioether (sulfide) groups is 1. The largest absolute Gasteiger partial charge is 0.444 e. The van der Waals surface area contributed by atoms with E-state index in [2.05, 4.69) is 5.32 Å². The fourth-order valence-electron chi connectivity index (χ4n) is 3.25. The molecule has 1 N–H and O–H groups in total. The van der Waals surface area contributed by atoms with E-state index in [0.29, 0.717) is 16.7 Å². The first kappa shape index (κ1) is 22.5. The van der Waals surface area contributed by atoms with E-state index in [1.54, 1.807) is 11.8 Å². The van der Waals surface area contributed by atoms with Crippen LogP contribution in [0.3, 0.4) is 0 Å². The van der Waals surface area contributed by atoms with Crippen LogP contribution in [-0.2, 0) is 24.0 Å². The quantitative estimate of drug-likeness (QED) is 0.505. The zero-order valence-corrected chi connectivity index (χ0v) is 17.6. The minimum absolute atomic E-state index is 0.0721. The van der Waals surface area contributed by atoms with Gasteiger partial charge in [-0.25, -0.2) is 9.59 Å². The molecule has 8 nitrogen and oxygen atoms in total. The third kappa shape index (κ3) is 7.33. The van der Waals surface area contributed by atoms with Gasteiger partial charge in [-0.15, -0.1) is 5.06 Å². The fourth-order valence-corrected chi connectivity index (χ4v) is 4.43. The number of carbonyl (C=O) groups excluding carboxylic acids is 4. The highest BCUT2D eigenvalue weighted by Gasteiger charge is 2.33. The summed E-state index contributed by atoms with van der Waals surface area (Å²) in [5, 5.41) is 3.56. The second kappa shape index (κ2) is 10.1. The van der Waals surface area contributed by atoms with E-state index in [1.165, 1.54) is 0 Å². The average molecular weight is 415 g/mol. The minimum atomic E-state index is -0.580. The van der Waals surface area contributed by atoms with Crippen LogP contribution in [-0.4, -0.2) is 52.1 Å². The molecular formula is C19H30N2O6S. The number of hydrogen-bond donors (Lipinski definition) is 1. The monoisotopic (exact) mass is 414 g/mol. The summed E-state index contributed by atoms with van der Waals surface area (Å²) in [6.45, 7) is 5.51. The van der Waals surface area contributed by atoms with Crippen LogP contribution in [0.25, 0.3) is 0 Å². The van der Waals surface area contributed by atoms with Gasteiger partial charge in [-0.2, -0.15) is 11.8 Å². The van der Waals surface area contributed by atoms with E-state index in [4.69, 9.17) is 9.57 Å². The van der Waals surface area contributed by atoms with Gasteiger partial charge in [0, 0.05) is 24.6 Å². The average Bonchev–Trinajstić information content (AvgIpc) is 2.90. The standard InChI is InChI=1S/C19H30N2O6S/c1-19(2,3)26-18(25)20-14-7-5-4-6-13(14)12-28-11-10-17(24)27-21-15(22)8-9-16(21)23/h13-14H,4-12H2,1-3H3,(H,20,25). The Morgan fingerprint density at radius 1 is 1.14 bits per heavy atom. The predicted molar refractivity (Wildman–Crippen MR) is 104 cm³/mol. The van der Waals surface area contributed by atoms with Crippen LogP contribution < -0.4 is 5.32 Å². The first-order valence-corrected chi connectivity index (χ1v) is 10.9. The zero-order valence-electron chi connectivity index (χ0n) is 16.8. The molecule has 0 aromatic rings. The number of rotatable bonds is 7. The molecular weight excluding hydrogens is 384 g/mol. The molecule has 1 saturated carbocycles. The van der Waals surface area contributed by atoms with Gasteiger partial charge >= 0.3 is 12.1 Å². The molecule has 3 amide bonds. The number of carbonyl (C=O) groups is 4. The first-order chi connectivity index (χ1) is 13.2. The summed E-state index contributed by atoms with van der Waals surface area (Å²) in [5.74, 6) is 0.153. The molecule has 0 spiro atoms. The lowest BCUT2D eigenvalue weighted by Gasteiger charge is -2.32. The van der Waals surface area contributed by atoms with E-state index < -0.39 is 29.5 Å².